The third kappa shape index (κ3) is 8.50. The van der Waals surface area contributed by atoms with Gasteiger partial charge in [0.25, 0.3) is 0 Å². The first-order valence-electron chi connectivity index (χ1n) is 11.5. The molecule has 0 aliphatic carbocycles. The fraction of sp³-hybridized carbons (Fsp3) is 0.440. The predicted molar refractivity (Wildman–Crippen MR) is 137 cm³/mol. The number of hydrogen-bond donors (Lipinski definition) is 1. The van der Waals surface area contributed by atoms with Crippen molar-refractivity contribution in [2.45, 2.75) is 58.7 Å². The lowest BCUT2D eigenvalue weighted by Crippen LogP contribution is -2.49. The third-order valence-corrected chi connectivity index (χ3v) is 7.14. The van der Waals surface area contributed by atoms with Crippen LogP contribution in [0.5, 0.6) is 0 Å². The van der Waals surface area contributed by atoms with Gasteiger partial charge in [-0.05, 0) is 56.5 Å². The number of amides is 2. The Balaban J connectivity index is 2.17. The number of anilines is 1. The van der Waals surface area contributed by atoms with Gasteiger partial charge in [0.2, 0.25) is 21.8 Å². The van der Waals surface area contributed by atoms with Gasteiger partial charge >= 0.3 is 0 Å². The van der Waals surface area contributed by atoms with Crippen LogP contribution in [0, 0.1) is 5.82 Å². The molecule has 0 aliphatic rings. The SMILES string of the molecule is CC[C@@H](C)NC(=O)[C@@H](C)N(Cc1ccc(Cl)cc1)C(=O)CCCN(c1ccccc1F)S(C)(=O)=O. The van der Waals surface area contributed by atoms with Crippen LogP contribution in [-0.2, 0) is 26.2 Å². The van der Waals surface area contributed by atoms with E-state index in [-0.39, 0.29) is 49.5 Å². The second-order valence-corrected chi connectivity index (χ2v) is 10.9. The normalized spacial score (nSPS) is 13.1. The summed E-state index contributed by atoms with van der Waals surface area (Å²) in [7, 11) is -3.77. The third-order valence-electron chi connectivity index (χ3n) is 5.71. The van der Waals surface area contributed by atoms with Gasteiger partial charge in [0.05, 0.1) is 11.9 Å². The van der Waals surface area contributed by atoms with Gasteiger partial charge in [-0.25, -0.2) is 12.8 Å². The van der Waals surface area contributed by atoms with Gasteiger partial charge in [-0.1, -0.05) is 42.8 Å². The molecule has 0 heterocycles. The van der Waals surface area contributed by atoms with Gasteiger partial charge in [0.15, 0.2) is 0 Å². The summed E-state index contributed by atoms with van der Waals surface area (Å²) >= 11 is 5.97. The summed E-state index contributed by atoms with van der Waals surface area (Å²) < 4.78 is 39.8. The summed E-state index contributed by atoms with van der Waals surface area (Å²) in [6, 6.07) is 11.8. The number of benzene rings is 2. The summed E-state index contributed by atoms with van der Waals surface area (Å²) in [5.74, 6) is -1.25. The zero-order valence-corrected chi connectivity index (χ0v) is 22.1. The maximum Gasteiger partial charge on any atom is 0.242 e. The second kappa shape index (κ2) is 12.9. The monoisotopic (exact) mass is 525 g/mol. The molecule has 7 nitrogen and oxygen atoms in total. The summed E-state index contributed by atoms with van der Waals surface area (Å²) in [5, 5.41) is 3.46. The van der Waals surface area contributed by atoms with Gasteiger partial charge in [-0.15, -0.1) is 0 Å². The predicted octanol–water partition coefficient (Wildman–Crippen LogP) is 4.36. The first kappa shape index (κ1) is 28.6. The van der Waals surface area contributed by atoms with E-state index >= 15 is 0 Å². The smallest absolute Gasteiger partial charge is 0.242 e. The van der Waals surface area contributed by atoms with Crippen molar-refractivity contribution in [1.29, 1.82) is 0 Å². The zero-order valence-electron chi connectivity index (χ0n) is 20.5. The van der Waals surface area contributed by atoms with Crippen molar-refractivity contribution < 1.29 is 22.4 Å². The van der Waals surface area contributed by atoms with E-state index in [1.165, 1.54) is 23.1 Å². The summed E-state index contributed by atoms with van der Waals surface area (Å²) in [6.07, 6.45) is 1.88. The number of nitrogens with zero attached hydrogens (tertiary/aromatic N) is 2. The molecule has 1 N–H and O–H groups in total. The highest BCUT2D eigenvalue weighted by Gasteiger charge is 2.27. The maximum atomic E-state index is 14.2. The number of hydrogen-bond acceptors (Lipinski definition) is 4. The van der Waals surface area contributed by atoms with Crippen LogP contribution in [0.2, 0.25) is 5.02 Å². The second-order valence-electron chi connectivity index (χ2n) is 8.53. The van der Waals surface area contributed by atoms with E-state index < -0.39 is 21.9 Å². The van der Waals surface area contributed by atoms with Crippen molar-refractivity contribution in [3.63, 3.8) is 0 Å². The topological polar surface area (TPSA) is 86.8 Å². The highest BCUT2D eigenvalue weighted by atomic mass is 35.5. The molecule has 2 aromatic carbocycles. The van der Waals surface area contributed by atoms with Gasteiger partial charge < -0.3 is 10.2 Å². The van der Waals surface area contributed by atoms with Gasteiger partial charge in [0, 0.05) is 30.6 Å². The van der Waals surface area contributed by atoms with Crippen LogP contribution >= 0.6 is 11.6 Å². The summed E-state index contributed by atoms with van der Waals surface area (Å²) in [5.41, 5.74) is 0.733. The highest BCUT2D eigenvalue weighted by Crippen LogP contribution is 2.22. The van der Waals surface area contributed by atoms with E-state index in [0.29, 0.717) is 5.02 Å². The summed E-state index contributed by atoms with van der Waals surface area (Å²) in [6.45, 7) is 5.61. The Kier molecular flexibility index (Phi) is 10.5. The molecule has 2 atom stereocenters. The van der Waals surface area contributed by atoms with Crippen molar-refractivity contribution in [1.82, 2.24) is 10.2 Å². The molecule has 0 unspecified atom stereocenters. The Morgan fingerprint density at radius 3 is 2.29 bits per heavy atom. The molecule has 192 valence electrons. The molecule has 0 saturated heterocycles. The number of para-hydroxylation sites is 1. The van der Waals surface area contributed by atoms with E-state index in [4.69, 9.17) is 11.6 Å². The average Bonchev–Trinajstić information content (AvgIpc) is 2.80. The number of sulfonamides is 1. The number of halogens is 2. The highest BCUT2D eigenvalue weighted by molar-refractivity contribution is 7.92. The molecule has 35 heavy (non-hydrogen) atoms. The Hall–Kier alpha value is -2.65. The molecule has 10 heteroatoms. The zero-order chi connectivity index (χ0) is 26.2. The Labute approximate surface area is 212 Å². The van der Waals surface area contributed by atoms with Crippen LogP contribution < -0.4 is 9.62 Å². The number of rotatable bonds is 12. The lowest BCUT2D eigenvalue weighted by Gasteiger charge is -2.30. The molecule has 2 rings (SSSR count). The van der Waals surface area contributed by atoms with Crippen LogP contribution in [0.4, 0.5) is 10.1 Å². The fourth-order valence-electron chi connectivity index (χ4n) is 3.47. The molecular weight excluding hydrogens is 493 g/mol. The molecule has 0 aliphatic heterocycles. The van der Waals surface area contributed by atoms with Crippen LogP contribution in [0.15, 0.2) is 48.5 Å². The lowest BCUT2D eigenvalue weighted by atomic mass is 10.1. The largest absolute Gasteiger partial charge is 0.352 e. The Morgan fingerprint density at radius 1 is 1.09 bits per heavy atom. The van der Waals surface area contributed by atoms with E-state index in [9.17, 15) is 22.4 Å². The van der Waals surface area contributed by atoms with Crippen LogP contribution in [0.1, 0.15) is 45.6 Å². The summed E-state index contributed by atoms with van der Waals surface area (Å²) in [4.78, 5) is 27.5. The van der Waals surface area contributed by atoms with Crippen LogP contribution in [-0.4, -0.2) is 50.0 Å². The maximum absolute atomic E-state index is 14.2. The molecule has 0 aromatic heterocycles. The minimum Gasteiger partial charge on any atom is -0.352 e. The fourth-order valence-corrected chi connectivity index (χ4v) is 4.56. The van der Waals surface area contributed by atoms with Crippen molar-refractivity contribution >= 4 is 39.1 Å². The molecule has 2 amide bonds. The van der Waals surface area contributed by atoms with Gasteiger partial charge in [-0.3, -0.25) is 13.9 Å². The first-order valence-corrected chi connectivity index (χ1v) is 13.7. The van der Waals surface area contributed by atoms with Crippen LogP contribution in [0.25, 0.3) is 0 Å². The van der Waals surface area contributed by atoms with E-state index in [1.54, 1.807) is 37.3 Å². The minimum atomic E-state index is -3.77. The number of carbonyl (C=O) groups excluding carboxylic acids is 2. The lowest BCUT2D eigenvalue weighted by molar-refractivity contribution is -0.140. The van der Waals surface area contributed by atoms with Crippen molar-refractivity contribution in [3.05, 3.63) is 64.9 Å². The number of nitrogens with one attached hydrogen (secondary N) is 1. The Bertz CT molecular complexity index is 1110. The number of carbonyl (C=O) groups is 2. The molecule has 2 aromatic rings. The molecule has 0 spiro atoms. The van der Waals surface area contributed by atoms with Crippen molar-refractivity contribution in [2.24, 2.45) is 0 Å². The van der Waals surface area contributed by atoms with E-state index in [1.807, 2.05) is 13.8 Å². The van der Waals surface area contributed by atoms with Crippen LogP contribution in [0.3, 0.4) is 0 Å². The van der Waals surface area contributed by atoms with Gasteiger partial charge in [-0.2, -0.15) is 0 Å². The van der Waals surface area contributed by atoms with Crippen molar-refractivity contribution in [3.8, 4) is 0 Å². The molecular formula is C25H33ClFN3O4S. The molecule has 0 saturated carbocycles. The van der Waals surface area contributed by atoms with Crippen molar-refractivity contribution in [2.75, 3.05) is 17.1 Å². The van der Waals surface area contributed by atoms with E-state index in [2.05, 4.69) is 5.32 Å². The average molecular weight is 526 g/mol. The standard InChI is InChI=1S/C25H33ClFN3O4S/c1-5-18(2)28-25(32)19(3)29(17-20-12-14-21(26)15-13-20)24(31)11-8-16-30(35(4,33)34)23-10-7-6-9-22(23)27/h6-7,9-10,12-15,18-19H,5,8,11,16-17H2,1-4H3,(H,28,32)/t18-,19-/m1/s1. The minimum absolute atomic E-state index is 0.0188. The quantitative estimate of drug-likeness (QED) is 0.446. The van der Waals surface area contributed by atoms with E-state index in [0.717, 1.165) is 22.5 Å². The Morgan fingerprint density at radius 2 is 1.71 bits per heavy atom. The molecule has 0 radical (unpaired) electrons. The van der Waals surface area contributed by atoms with Gasteiger partial charge in [0.1, 0.15) is 11.9 Å². The molecule has 0 fully saturated rings. The molecule has 0 bridgehead atoms. The first-order chi connectivity index (χ1) is 16.4.